The minimum atomic E-state index is -0.255. The van der Waals surface area contributed by atoms with Crippen molar-refractivity contribution in [1.29, 1.82) is 0 Å². The quantitative estimate of drug-likeness (QED) is 0.914. The van der Waals surface area contributed by atoms with Gasteiger partial charge in [0.1, 0.15) is 10.6 Å². The number of carbonyl (C=O) groups is 1. The monoisotopic (exact) mass is 278 g/mol. The number of aryl methyl sites for hydroxylation is 2. The predicted octanol–water partition coefficient (Wildman–Crippen LogP) is 3.55. The summed E-state index contributed by atoms with van der Waals surface area (Å²) in [6.07, 6.45) is 0. The van der Waals surface area contributed by atoms with Crippen LogP contribution < -0.4 is 5.32 Å². The first kappa shape index (κ1) is 13.8. The summed E-state index contributed by atoms with van der Waals surface area (Å²) in [7, 11) is 0. The fraction of sp³-hybridized carbons (Fsp3) is 0.429. The summed E-state index contributed by atoms with van der Waals surface area (Å²) in [6.45, 7) is 9.60. The Balaban J connectivity index is 2.29. The molecule has 4 nitrogen and oxygen atoms in total. The number of hydrogen-bond donors (Lipinski definition) is 1. The number of nitrogens with one attached hydrogen (secondary N) is 1. The Morgan fingerprint density at radius 2 is 2.00 bits per heavy atom. The minimum absolute atomic E-state index is 0.0861. The molecule has 0 saturated heterocycles. The van der Waals surface area contributed by atoms with Gasteiger partial charge in [0.25, 0.3) is 5.91 Å². The molecule has 2 aromatic heterocycles. The van der Waals surface area contributed by atoms with E-state index in [0.29, 0.717) is 10.6 Å². The predicted molar refractivity (Wildman–Crippen MR) is 76.5 cm³/mol. The van der Waals surface area contributed by atoms with Crippen LogP contribution in [0.4, 0.5) is 0 Å². The zero-order valence-electron chi connectivity index (χ0n) is 11.8. The van der Waals surface area contributed by atoms with Crippen LogP contribution in [0.2, 0.25) is 0 Å². The van der Waals surface area contributed by atoms with Crippen LogP contribution in [0, 0.1) is 13.8 Å². The lowest BCUT2D eigenvalue weighted by molar-refractivity contribution is 0.0923. The molecule has 0 aliphatic carbocycles. The Labute approximate surface area is 116 Å². The third kappa shape index (κ3) is 3.23. The molecule has 0 aliphatic heterocycles. The summed E-state index contributed by atoms with van der Waals surface area (Å²) in [4.78, 5) is 17.2. The molecule has 2 rings (SSSR count). The van der Waals surface area contributed by atoms with Gasteiger partial charge in [-0.1, -0.05) is 0 Å². The number of rotatable bonds is 2. The summed E-state index contributed by atoms with van der Waals surface area (Å²) < 4.78 is 5.53. The lowest BCUT2D eigenvalue weighted by Gasteiger charge is -2.19. The summed E-state index contributed by atoms with van der Waals surface area (Å²) in [5.41, 5.74) is 0.477. The maximum absolute atomic E-state index is 12.2. The molecule has 2 heterocycles. The van der Waals surface area contributed by atoms with E-state index in [1.54, 1.807) is 0 Å². The molecule has 5 heteroatoms. The highest BCUT2D eigenvalue weighted by Crippen LogP contribution is 2.29. The van der Waals surface area contributed by atoms with Gasteiger partial charge in [-0.05, 0) is 46.8 Å². The van der Waals surface area contributed by atoms with Crippen LogP contribution in [0.1, 0.15) is 41.9 Å². The molecule has 0 radical (unpaired) electrons. The highest BCUT2D eigenvalue weighted by molar-refractivity contribution is 7.17. The molecule has 102 valence electrons. The molecular formula is C14H18N2O2S. The van der Waals surface area contributed by atoms with E-state index in [0.717, 1.165) is 16.5 Å². The standard InChI is InChI=1S/C14H18N2O2S/c1-8-6-7-10(18-8)13-15-9(2)11(19-13)12(17)16-14(3,4)5/h6-7H,1-5H3,(H,16,17). The number of carbonyl (C=O) groups excluding carboxylic acids is 1. The number of thiazole rings is 1. The molecule has 19 heavy (non-hydrogen) atoms. The van der Waals surface area contributed by atoms with Crippen LogP contribution in [0.25, 0.3) is 10.8 Å². The Morgan fingerprint density at radius 1 is 1.32 bits per heavy atom. The Hall–Kier alpha value is -1.62. The van der Waals surface area contributed by atoms with Crippen LogP contribution in [-0.4, -0.2) is 16.4 Å². The Kier molecular flexibility index (Phi) is 3.49. The number of hydrogen-bond acceptors (Lipinski definition) is 4. The smallest absolute Gasteiger partial charge is 0.263 e. The summed E-state index contributed by atoms with van der Waals surface area (Å²) in [5.74, 6) is 1.46. The van der Waals surface area contributed by atoms with Crippen molar-refractivity contribution >= 4 is 17.2 Å². The van der Waals surface area contributed by atoms with E-state index < -0.39 is 0 Å². The molecule has 0 aliphatic rings. The second kappa shape index (κ2) is 4.81. The summed E-state index contributed by atoms with van der Waals surface area (Å²) >= 11 is 1.36. The van der Waals surface area contributed by atoms with Gasteiger partial charge >= 0.3 is 0 Å². The van der Waals surface area contributed by atoms with Gasteiger partial charge in [0.2, 0.25) is 0 Å². The van der Waals surface area contributed by atoms with Gasteiger partial charge in [0.15, 0.2) is 10.8 Å². The fourth-order valence-electron chi connectivity index (χ4n) is 1.66. The molecule has 0 fully saturated rings. The molecule has 1 N–H and O–H groups in total. The van der Waals surface area contributed by atoms with Crippen LogP contribution in [-0.2, 0) is 0 Å². The van der Waals surface area contributed by atoms with E-state index in [2.05, 4.69) is 10.3 Å². The van der Waals surface area contributed by atoms with Crippen molar-refractivity contribution in [3.05, 3.63) is 28.5 Å². The average molecular weight is 278 g/mol. The summed E-state index contributed by atoms with van der Waals surface area (Å²) in [5, 5.41) is 3.69. The van der Waals surface area contributed by atoms with Gasteiger partial charge in [0, 0.05) is 5.54 Å². The molecule has 0 aromatic carbocycles. The largest absolute Gasteiger partial charge is 0.459 e. The zero-order chi connectivity index (χ0) is 14.2. The van der Waals surface area contributed by atoms with Crippen molar-refractivity contribution in [2.45, 2.75) is 40.2 Å². The molecule has 2 aromatic rings. The average Bonchev–Trinajstić information content (AvgIpc) is 2.82. The third-order valence-electron chi connectivity index (χ3n) is 2.44. The van der Waals surface area contributed by atoms with E-state index in [4.69, 9.17) is 4.42 Å². The van der Waals surface area contributed by atoms with Crippen molar-refractivity contribution in [2.24, 2.45) is 0 Å². The normalized spacial score (nSPS) is 11.6. The van der Waals surface area contributed by atoms with E-state index >= 15 is 0 Å². The van der Waals surface area contributed by atoms with Gasteiger partial charge in [-0.3, -0.25) is 4.79 Å². The van der Waals surface area contributed by atoms with E-state index in [9.17, 15) is 4.79 Å². The zero-order valence-corrected chi connectivity index (χ0v) is 12.6. The first-order valence-corrected chi connectivity index (χ1v) is 6.95. The number of nitrogens with zero attached hydrogens (tertiary/aromatic N) is 1. The highest BCUT2D eigenvalue weighted by Gasteiger charge is 2.21. The lowest BCUT2D eigenvalue weighted by atomic mass is 10.1. The fourth-order valence-corrected chi connectivity index (χ4v) is 2.58. The maximum atomic E-state index is 12.2. The van der Waals surface area contributed by atoms with Gasteiger partial charge in [-0.2, -0.15) is 0 Å². The molecule has 1 amide bonds. The lowest BCUT2D eigenvalue weighted by Crippen LogP contribution is -2.40. The maximum Gasteiger partial charge on any atom is 0.263 e. The number of amides is 1. The molecular weight excluding hydrogens is 260 g/mol. The molecule has 0 bridgehead atoms. The van der Waals surface area contributed by atoms with E-state index in [1.807, 2.05) is 46.8 Å². The van der Waals surface area contributed by atoms with Crippen molar-refractivity contribution < 1.29 is 9.21 Å². The molecule has 0 spiro atoms. The van der Waals surface area contributed by atoms with Crippen LogP contribution >= 0.6 is 11.3 Å². The Morgan fingerprint density at radius 3 is 2.53 bits per heavy atom. The van der Waals surface area contributed by atoms with Gasteiger partial charge in [-0.15, -0.1) is 11.3 Å². The van der Waals surface area contributed by atoms with E-state index in [-0.39, 0.29) is 11.4 Å². The second-order valence-corrected chi connectivity index (χ2v) is 6.55. The second-order valence-electron chi connectivity index (χ2n) is 5.55. The number of aromatic nitrogens is 1. The molecule has 0 atom stereocenters. The van der Waals surface area contributed by atoms with Crippen LogP contribution in [0.3, 0.4) is 0 Å². The van der Waals surface area contributed by atoms with Gasteiger partial charge < -0.3 is 9.73 Å². The van der Waals surface area contributed by atoms with Crippen LogP contribution in [0.15, 0.2) is 16.5 Å². The number of furan rings is 1. The topological polar surface area (TPSA) is 55.1 Å². The first-order chi connectivity index (χ1) is 8.76. The molecule has 0 saturated carbocycles. The van der Waals surface area contributed by atoms with E-state index in [1.165, 1.54) is 11.3 Å². The SMILES string of the molecule is Cc1ccc(-c2nc(C)c(C(=O)NC(C)(C)C)s2)o1. The van der Waals surface area contributed by atoms with Crippen LogP contribution in [0.5, 0.6) is 0 Å². The third-order valence-corrected chi connectivity index (χ3v) is 3.61. The first-order valence-electron chi connectivity index (χ1n) is 6.13. The van der Waals surface area contributed by atoms with Crippen molar-refractivity contribution in [3.63, 3.8) is 0 Å². The van der Waals surface area contributed by atoms with Gasteiger partial charge in [-0.25, -0.2) is 4.98 Å². The van der Waals surface area contributed by atoms with Crippen molar-refractivity contribution in [1.82, 2.24) is 10.3 Å². The minimum Gasteiger partial charge on any atom is -0.459 e. The molecule has 0 unspecified atom stereocenters. The highest BCUT2D eigenvalue weighted by atomic mass is 32.1. The van der Waals surface area contributed by atoms with Crippen molar-refractivity contribution in [2.75, 3.05) is 0 Å². The summed E-state index contributed by atoms with van der Waals surface area (Å²) in [6, 6.07) is 3.76. The Bertz CT molecular complexity index is 605. The van der Waals surface area contributed by atoms with Crippen molar-refractivity contribution in [3.8, 4) is 10.8 Å². The van der Waals surface area contributed by atoms with Gasteiger partial charge in [0.05, 0.1) is 5.69 Å².